The van der Waals surface area contributed by atoms with Gasteiger partial charge in [-0.25, -0.2) is 4.79 Å². The smallest absolute Gasteiger partial charge is 0.331 e. The van der Waals surface area contributed by atoms with Gasteiger partial charge in [-0.3, -0.25) is 14.3 Å². The molecule has 88 valence electrons. The Morgan fingerprint density at radius 1 is 1.69 bits per heavy atom. The molecule has 1 saturated heterocycles. The van der Waals surface area contributed by atoms with Crippen molar-refractivity contribution in [2.24, 2.45) is 0 Å². The number of nitrogens with zero attached hydrogens (tertiary/aromatic N) is 1. The Hall–Kier alpha value is -0.920. The summed E-state index contributed by atoms with van der Waals surface area (Å²) in [5.74, 6) is 0. The first-order valence-electron chi connectivity index (χ1n) is 4.85. The summed E-state index contributed by atoms with van der Waals surface area (Å²) in [6, 6.07) is 1.25. The molecule has 0 bridgehead atoms. The van der Waals surface area contributed by atoms with E-state index in [1.165, 1.54) is 16.8 Å². The summed E-state index contributed by atoms with van der Waals surface area (Å²) >= 11 is 3.32. The van der Waals surface area contributed by atoms with Crippen LogP contribution in [0.3, 0.4) is 0 Å². The standard InChI is InChI=1S/C9H11BrN2O4/c10-9(3-1-6(5-13)16-9)12-4-2-7(14)11-8(12)15/h2,4,6,13H,1,3,5H2,(H,11,14,15)/t6-,9-/m0/s1. The number of aromatic amines is 1. The monoisotopic (exact) mass is 290 g/mol. The number of nitrogens with one attached hydrogen (secondary N) is 1. The minimum atomic E-state index is -0.971. The highest BCUT2D eigenvalue weighted by molar-refractivity contribution is 9.09. The number of hydrogen-bond donors (Lipinski definition) is 2. The molecule has 2 heterocycles. The highest BCUT2D eigenvalue weighted by Gasteiger charge is 2.40. The molecule has 16 heavy (non-hydrogen) atoms. The van der Waals surface area contributed by atoms with Gasteiger partial charge in [0.05, 0.1) is 12.7 Å². The van der Waals surface area contributed by atoms with Crippen LogP contribution in [0.4, 0.5) is 0 Å². The maximum Gasteiger partial charge on any atom is 0.331 e. The first-order chi connectivity index (χ1) is 7.55. The van der Waals surface area contributed by atoms with Crippen molar-refractivity contribution in [2.75, 3.05) is 6.61 Å². The van der Waals surface area contributed by atoms with Crippen LogP contribution in [-0.4, -0.2) is 27.4 Å². The van der Waals surface area contributed by atoms with E-state index in [9.17, 15) is 9.59 Å². The molecule has 0 aliphatic carbocycles. The molecular formula is C9H11BrN2O4. The normalized spacial score (nSPS) is 29.5. The Morgan fingerprint density at radius 2 is 2.44 bits per heavy atom. The lowest BCUT2D eigenvalue weighted by Gasteiger charge is -2.24. The van der Waals surface area contributed by atoms with Crippen molar-refractivity contribution in [2.45, 2.75) is 23.6 Å². The van der Waals surface area contributed by atoms with Crippen LogP contribution in [0.5, 0.6) is 0 Å². The lowest BCUT2D eigenvalue weighted by Crippen LogP contribution is -2.40. The maximum atomic E-state index is 11.6. The van der Waals surface area contributed by atoms with Gasteiger partial charge in [0.25, 0.3) is 5.56 Å². The summed E-state index contributed by atoms with van der Waals surface area (Å²) in [7, 11) is 0. The van der Waals surface area contributed by atoms with Gasteiger partial charge in [-0.15, -0.1) is 0 Å². The van der Waals surface area contributed by atoms with Crippen molar-refractivity contribution in [1.29, 1.82) is 0 Å². The third-order valence-corrected chi connectivity index (χ3v) is 3.47. The van der Waals surface area contributed by atoms with Gasteiger partial charge in [0, 0.05) is 18.7 Å². The molecule has 0 amide bonds. The van der Waals surface area contributed by atoms with Gasteiger partial charge >= 0.3 is 5.69 Å². The number of H-pyrrole nitrogens is 1. The molecule has 1 aromatic heterocycles. The van der Waals surface area contributed by atoms with E-state index in [1.54, 1.807) is 0 Å². The van der Waals surface area contributed by atoms with E-state index in [-0.39, 0.29) is 12.7 Å². The predicted molar refractivity (Wildman–Crippen MR) is 59.4 cm³/mol. The molecule has 1 aliphatic rings. The molecule has 2 N–H and O–H groups in total. The second-order valence-corrected chi connectivity index (χ2v) is 4.87. The minimum absolute atomic E-state index is 0.0918. The number of aliphatic hydroxyl groups excluding tert-OH is 1. The summed E-state index contributed by atoms with van der Waals surface area (Å²) in [4.78, 5) is 24.6. The molecule has 1 aliphatic heterocycles. The van der Waals surface area contributed by atoms with Crippen molar-refractivity contribution >= 4 is 15.9 Å². The summed E-state index contributed by atoms with van der Waals surface area (Å²) < 4.78 is 5.81. The Morgan fingerprint density at radius 3 is 3.00 bits per heavy atom. The zero-order valence-corrected chi connectivity index (χ0v) is 9.94. The molecule has 0 spiro atoms. The van der Waals surface area contributed by atoms with Gasteiger partial charge in [0.15, 0.2) is 0 Å². The molecule has 1 aromatic rings. The molecule has 1 fully saturated rings. The molecule has 0 aromatic carbocycles. The van der Waals surface area contributed by atoms with Crippen molar-refractivity contribution in [1.82, 2.24) is 9.55 Å². The highest BCUT2D eigenvalue weighted by Crippen LogP contribution is 2.38. The van der Waals surface area contributed by atoms with Crippen molar-refractivity contribution in [3.63, 3.8) is 0 Å². The fourth-order valence-corrected chi connectivity index (χ4v) is 2.47. The summed E-state index contributed by atoms with van der Waals surface area (Å²) in [6.07, 6.45) is 2.27. The number of ether oxygens (including phenoxy) is 1. The summed E-state index contributed by atoms with van der Waals surface area (Å²) in [5, 5.41) is 8.97. The van der Waals surface area contributed by atoms with Crippen LogP contribution >= 0.6 is 15.9 Å². The average Bonchev–Trinajstić information content (AvgIpc) is 2.61. The molecule has 7 heteroatoms. The topological polar surface area (TPSA) is 84.3 Å². The number of rotatable bonds is 2. The number of aliphatic hydroxyl groups is 1. The first kappa shape index (κ1) is 11.6. The highest BCUT2D eigenvalue weighted by atomic mass is 79.9. The number of halogens is 1. The zero-order chi connectivity index (χ0) is 11.8. The van der Waals surface area contributed by atoms with Gasteiger partial charge in [0.2, 0.25) is 4.63 Å². The van der Waals surface area contributed by atoms with E-state index >= 15 is 0 Å². The predicted octanol–water partition coefficient (Wildman–Crippen LogP) is -0.287. The van der Waals surface area contributed by atoms with Gasteiger partial charge in [-0.05, 0) is 22.4 Å². The molecule has 0 saturated carbocycles. The SMILES string of the molecule is O=c1ccn([C@@]2(Br)CC[C@@H](CO)O2)c(=O)[nH]1. The van der Waals surface area contributed by atoms with Crippen LogP contribution in [0.25, 0.3) is 0 Å². The van der Waals surface area contributed by atoms with Crippen molar-refractivity contribution < 1.29 is 9.84 Å². The van der Waals surface area contributed by atoms with E-state index in [1.807, 2.05) is 0 Å². The van der Waals surface area contributed by atoms with Crippen LogP contribution in [-0.2, 0) is 9.37 Å². The summed E-state index contributed by atoms with van der Waals surface area (Å²) in [5.41, 5.74) is -0.989. The van der Waals surface area contributed by atoms with Gasteiger partial charge in [0.1, 0.15) is 0 Å². The Labute approximate surface area is 99.0 Å². The lowest BCUT2D eigenvalue weighted by atomic mass is 10.2. The van der Waals surface area contributed by atoms with E-state index in [0.717, 1.165) is 0 Å². The van der Waals surface area contributed by atoms with Crippen molar-refractivity contribution in [3.8, 4) is 0 Å². The van der Waals surface area contributed by atoms with E-state index < -0.39 is 15.9 Å². The van der Waals surface area contributed by atoms with Gasteiger partial charge in [-0.2, -0.15) is 0 Å². The fourth-order valence-electron chi connectivity index (χ4n) is 1.70. The second-order valence-electron chi connectivity index (χ2n) is 3.63. The Balaban J connectivity index is 2.37. The molecular weight excluding hydrogens is 280 g/mol. The van der Waals surface area contributed by atoms with Crippen LogP contribution in [0.15, 0.2) is 21.9 Å². The third kappa shape index (κ3) is 1.98. The largest absolute Gasteiger partial charge is 0.394 e. The molecule has 6 nitrogen and oxygen atoms in total. The quantitative estimate of drug-likeness (QED) is 0.734. The molecule has 0 unspecified atom stereocenters. The zero-order valence-electron chi connectivity index (χ0n) is 8.35. The Bertz CT molecular complexity index is 497. The van der Waals surface area contributed by atoms with Crippen LogP contribution in [0, 0.1) is 0 Å². The van der Waals surface area contributed by atoms with E-state index in [4.69, 9.17) is 9.84 Å². The number of aromatic nitrogens is 2. The van der Waals surface area contributed by atoms with Gasteiger partial charge in [-0.1, -0.05) is 0 Å². The Kier molecular flexibility index (Phi) is 3.00. The minimum Gasteiger partial charge on any atom is -0.394 e. The average molecular weight is 291 g/mol. The van der Waals surface area contributed by atoms with Crippen LogP contribution in [0.2, 0.25) is 0 Å². The molecule has 0 radical (unpaired) electrons. The van der Waals surface area contributed by atoms with Crippen LogP contribution < -0.4 is 11.2 Å². The maximum absolute atomic E-state index is 11.6. The molecule has 2 atom stereocenters. The number of alkyl halides is 1. The first-order valence-corrected chi connectivity index (χ1v) is 5.64. The van der Waals surface area contributed by atoms with Crippen LogP contribution in [0.1, 0.15) is 12.8 Å². The molecule has 2 rings (SSSR count). The number of hydrogen-bond acceptors (Lipinski definition) is 4. The lowest BCUT2D eigenvalue weighted by molar-refractivity contribution is -0.0444. The fraction of sp³-hybridized carbons (Fsp3) is 0.556. The second kappa shape index (κ2) is 4.15. The van der Waals surface area contributed by atoms with Gasteiger partial charge < -0.3 is 9.84 Å². The van der Waals surface area contributed by atoms with E-state index in [2.05, 4.69) is 20.9 Å². The van der Waals surface area contributed by atoms with Crippen molar-refractivity contribution in [3.05, 3.63) is 33.1 Å². The van der Waals surface area contributed by atoms with E-state index in [0.29, 0.717) is 12.8 Å². The summed E-state index contributed by atoms with van der Waals surface area (Å²) in [6.45, 7) is -0.0918. The third-order valence-electron chi connectivity index (χ3n) is 2.51.